The predicted octanol–water partition coefficient (Wildman–Crippen LogP) is 6.93. The largest absolute Gasteiger partial charge is 0.496 e. The maximum atomic E-state index is 11.7. The van der Waals surface area contributed by atoms with Crippen LogP contribution in [0.3, 0.4) is 0 Å². The van der Waals surface area contributed by atoms with Crippen LogP contribution in [0.2, 0.25) is 5.02 Å². The van der Waals surface area contributed by atoms with Gasteiger partial charge < -0.3 is 9.84 Å². The number of rotatable bonds is 7. The SMILES string of the molecule is COc1cc(C=Cc2cccc(-c3ccccc3)c2C)c(Cl)cc1CN1CCCCC1C(=O)O. The van der Waals surface area contributed by atoms with Crippen molar-refractivity contribution in [2.45, 2.75) is 38.8 Å². The summed E-state index contributed by atoms with van der Waals surface area (Å²) in [6.45, 7) is 3.39. The van der Waals surface area contributed by atoms with E-state index in [1.165, 1.54) is 16.7 Å². The van der Waals surface area contributed by atoms with Crippen LogP contribution in [0.5, 0.6) is 5.75 Å². The number of likely N-dealkylation sites (tertiary alicyclic amines) is 1. The van der Waals surface area contributed by atoms with Crippen LogP contribution in [0.1, 0.15) is 41.5 Å². The van der Waals surface area contributed by atoms with E-state index in [4.69, 9.17) is 16.3 Å². The first kappa shape index (κ1) is 24.1. The summed E-state index contributed by atoms with van der Waals surface area (Å²) in [5.74, 6) is -0.0501. The van der Waals surface area contributed by atoms with Crippen molar-refractivity contribution in [2.75, 3.05) is 13.7 Å². The van der Waals surface area contributed by atoms with Gasteiger partial charge in [-0.05, 0) is 66.3 Å². The van der Waals surface area contributed by atoms with Gasteiger partial charge in [0.15, 0.2) is 0 Å². The van der Waals surface area contributed by atoms with Gasteiger partial charge in [-0.25, -0.2) is 0 Å². The molecule has 0 saturated carbocycles. The van der Waals surface area contributed by atoms with Crippen LogP contribution in [0.4, 0.5) is 0 Å². The molecule has 0 aromatic heterocycles. The molecule has 0 spiro atoms. The van der Waals surface area contributed by atoms with Crippen molar-refractivity contribution in [1.29, 1.82) is 0 Å². The molecule has 1 aliphatic rings. The third-order valence-corrected chi connectivity index (χ3v) is 6.90. The molecule has 0 radical (unpaired) electrons. The maximum absolute atomic E-state index is 11.7. The number of ether oxygens (including phenoxy) is 1. The van der Waals surface area contributed by atoms with E-state index in [9.17, 15) is 9.90 Å². The van der Waals surface area contributed by atoms with Crippen molar-refractivity contribution in [2.24, 2.45) is 0 Å². The maximum Gasteiger partial charge on any atom is 0.320 e. The predicted molar refractivity (Wildman–Crippen MR) is 139 cm³/mol. The highest BCUT2D eigenvalue weighted by molar-refractivity contribution is 6.32. The zero-order valence-corrected chi connectivity index (χ0v) is 20.4. The lowest BCUT2D eigenvalue weighted by atomic mass is 9.96. The molecule has 1 unspecified atom stereocenters. The smallest absolute Gasteiger partial charge is 0.320 e. The van der Waals surface area contributed by atoms with Gasteiger partial charge in [0.2, 0.25) is 0 Å². The molecular weight excluding hydrogens is 446 g/mol. The summed E-state index contributed by atoms with van der Waals surface area (Å²) in [7, 11) is 1.64. The second-order valence-electron chi connectivity index (χ2n) is 8.73. The molecule has 1 N–H and O–H groups in total. The summed E-state index contributed by atoms with van der Waals surface area (Å²) in [5.41, 5.74) is 6.49. The highest BCUT2D eigenvalue weighted by atomic mass is 35.5. The summed E-state index contributed by atoms with van der Waals surface area (Å²) in [5, 5.41) is 10.2. The molecule has 1 atom stereocenters. The van der Waals surface area contributed by atoms with Crippen LogP contribution in [0, 0.1) is 6.92 Å². The minimum atomic E-state index is -0.766. The Labute approximate surface area is 206 Å². The van der Waals surface area contributed by atoms with Crippen molar-refractivity contribution >= 4 is 29.7 Å². The number of piperidine rings is 1. The fourth-order valence-electron chi connectivity index (χ4n) is 4.67. The van der Waals surface area contributed by atoms with Gasteiger partial charge in [-0.15, -0.1) is 0 Å². The Balaban J connectivity index is 1.60. The van der Waals surface area contributed by atoms with Crippen LogP contribution >= 0.6 is 11.6 Å². The van der Waals surface area contributed by atoms with E-state index in [0.29, 0.717) is 23.7 Å². The van der Waals surface area contributed by atoms with Crippen LogP contribution in [-0.2, 0) is 11.3 Å². The van der Waals surface area contributed by atoms with Gasteiger partial charge in [-0.2, -0.15) is 0 Å². The molecule has 176 valence electrons. The number of carbonyl (C=O) groups is 1. The monoisotopic (exact) mass is 475 g/mol. The van der Waals surface area contributed by atoms with E-state index in [1.807, 2.05) is 41.3 Å². The van der Waals surface area contributed by atoms with E-state index >= 15 is 0 Å². The number of methoxy groups -OCH3 is 1. The van der Waals surface area contributed by atoms with Crippen molar-refractivity contribution in [1.82, 2.24) is 4.90 Å². The lowest BCUT2D eigenvalue weighted by molar-refractivity contribution is -0.144. The number of halogens is 1. The van der Waals surface area contributed by atoms with E-state index < -0.39 is 12.0 Å². The highest BCUT2D eigenvalue weighted by Gasteiger charge is 2.29. The summed E-state index contributed by atoms with van der Waals surface area (Å²) in [4.78, 5) is 13.7. The van der Waals surface area contributed by atoms with Crippen LogP contribution in [0.25, 0.3) is 23.3 Å². The molecule has 5 heteroatoms. The molecule has 0 bridgehead atoms. The molecule has 1 saturated heterocycles. The number of nitrogens with zero attached hydrogens (tertiary/aromatic N) is 1. The van der Waals surface area contributed by atoms with Gasteiger partial charge in [0.25, 0.3) is 0 Å². The molecule has 3 aromatic rings. The molecule has 0 amide bonds. The normalized spacial score (nSPS) is 16.6. The molecular formula is C29H30ClNO3. The first-order chi connectivity index (χ1) is 16.5. The number of hydrogen-bond donors (Lipinski definition) is 1. The van der Waals surface area contributed by atoms with Crippen molar-refractivity contribution in [3.05, 3.63) is 87.9 Å². The Morgan fingerprint density at radius 1 is 1.09 bits per heavy atom. The Morgan fingerprint density at radius 2 is 1.85 bits per heavy atom. The Bertz CT molecular complexity index is 1190. The number of aliphatic carboxylic acids is 1. The van der Waals surface area contributed by atoms with E-state index in [0.717, 1.165) is 36.1 Å². The first-order valence-corrected chi connectivity index (χ1v) is 12.0. The molecule has 1 fully saturated rings. The van der Waals surface area contributed by atoms with Crippen molar-refractivity contribution < 1.29 is 14.6 Å². The number of carboxylic acids is 1. The molecule has 34 heavy (non-hydrogen) atoms. The van der Waals surface area contributed by atoms with E-state index in [2.05, 4.69) is 43.3 Å². The number of benzene rings is 3. The molecule has 3 aromatic carbocycles. The van der Waals surface area contributed by atoms with Crippen molar-refractivity contribution in [3.63, 3.8) is 0 Å². The zero-order chi connectivity index (χ0) is 24.1. The summed E-state index contributed by atoms with van der Waals surface area (Å²) < 4.78 is 5.66. The molecule has 1 aliphatic heterocycles. The van der Waals surface area contributed by atoms with Crippen LogP contribution in [-0.4, -0.2) is 35.7 Å². The fraction of sp³-hybridized carbons (Fsp3) is 0.276. The van der Waals surface area contributed by atoms with Gasteiger partial charge in [0, 0.05) is 17.1 Å². The summed E-state index contributed by atoms with van der Waals surface area (Å²) >= 11 is 6.67. The first-order valence-electron chi connectivity index (χ1n) is 11.6. The Hall–Kier alpha value is -3.08. The van der Waals surface area contributed by atoms with E-state index in [-0.39, 0.29) is 0 Å². The number of hydrogen-bond acceptors (Lipinski definition) is 3. The number of carboxylic acid groups (broad SMARTS) is 1. The second kappa shape index (κ2) is 10.9. The van der Waals surface area contributed by atoms with Gasteiger partial charge >= 0.3 is 5.97 Å². The van der Waals surface area contributed by atoms with Crippen LogP contribution < -0.4 is 4.74 Å². The van der Waals surface area contributed by atoms with E-state index in [1.54, 1.807) is 7.11 Å². The molecule has 4 rings (SSSR count). The Morgan fingerprint density at radius 3 is 2.59 bits per heavy atom. The fourth-order valence-corrected chi connectivity index (χ4v) is 4.92. The second-order valence-corrected chi connectivity index (χ2v) is 9.13. The summed E-state index contributed by atoms with van der Waals surface area (Å²) in [6, 6.07) is 20.0. The summed E-state index contributed by atoms with van der Waals surface area (Å²) in [6.07, 6.45) is 6.70. The molecule has 1 heterocycles. The van der Waals surface area contributed by atoms with Gasteiger partial charge in [-0.3, -0.25) is 9.69 Å². The molecule has 0 aliphatic carbocycles. The third kappa shape index (κ3) is 5.35. The highest BCUT2D eigenvalue weighted by Crippen LogP contribution is 2.32. The zero-order valence-electron chi connectivity index (χ0n) is 19.6. The van der Waals surface area contributed by atoms with Gasteiger partial charge in [-0.1, -0.05) is 78.7 Å². The van der Waals surface area contributed by atoms with Gasteiger partial charge in [0.1, 0.15) is 11.8 Å². The third-order valence-electron chi connectivity index (χ3n) is 6.57. The van der Waals surface area contributed by atoms with Crippen molar-refractivity contribution in [3.8, 4) is 16.9 Å². The lowest BCUT2D eigenvalue weighted by Crippen LogP contribution is -2.44. The van der Waals surface area contributed by atoms with Crippen LogP contribution in [0.15, 0.2) is 60.7 Å². The average Bonchev–Trinajstić information content (AvgIpc) is 2.85. The topological polar surface area (TPSA) is 49.8 Å². The Kier molecular flexibility index (Phi) is 7.71. The standard InChI is InChI=1S/C29H30ClNO3/c1-20-21(11-8-12-25(20)22-9-4-3-5-10-22)14-15-23-18-28(34-2)24(17-26(23)30)19-31-16-7-6-13-27(31)29(32)33/h3-5,8-12,14-15,17-18,27H,6-7,13,16,19H2,1-2H3,(H,32,33). The lowest BCUT2D eigenvalue weighted by Gasteiger charge is -2.33. The quantitative estimate of drug-likeness (QED) is 0.376. The molecule has 4 nitrogen and oxygen atoms in total. The van der Waals surface area contributed by atoms with Gasteiger partial charge in [0.05, 0.1) is 7.11 Å². The minimum absolute atomic E-state index is 0.461. The minimum Gasteiger partial charge on any atom is -0.496 e. The average molecular weight is 476 g/mol.